The normalized spacial score (nSPS) is 11.6. The Bertz CT molecular complexity index is 3260. The first-order chi connectivity index (χ1) is 27.2. The molecule has 0 spiro atoms. The molecule has 11 rings (SSSR count). The van der Waals surface area contributed by atoms with Crippen LogP contribution in [0.4, 0.5) is 0 Å². The van der Waals surface area contributed by atoms with Crippen LogP contribution in [-0.2, 0) is 0 Å². The van der Waals surface area contributed by atoms with Gasteiger partial charge in [0.1, 0.15) is 11.2 Å². The van der Waals surface area contributed by atoms with Crippen molar-refractivity contribution in [1.29, 1.82) is 0 Å². The molecule has 11 aromatic rings. The lowest BCUT2D eigenvalue weighted by Gasteiger charge is -2.15. The summed E-state index contributed by atoms with van der Waals surface area (Å²) in [4.78, 5) is 15.5. The summed E-state index contributed by atoms with van der Waals surface area (Å²) in [5.74, 6) is 1.83. The Hall–Kier alpha value is -7.43. The Kier molecular flexibility index (Phi) is 7.14. The largest absolute Gasteiger partial charge is 0.456 e. The van der Waals surface area contributed by atoms with Gasteiger partial charge in [0.2, 0.25) is 0 Å². The fraction of sp³-hybridized carbons (Fsp3) is 0. The van der Waals surface area contributed by atoms with Crippen molar-refractivity contribution in [3.8, 4) is 56.4 Å². The van der Waals surface area contributed by atoms with Crippen molar-refractivity contribution in [3.63, 3.8) is 0 Å². The molecule has 2 heterocycles. The van der Waals surface area contributed by atoms with E-state index in [1.165, 1.54) is 33.0 Å². The zero-order chi connectivity index (χ0) is 36.3. The number of aromatic nitrogens is 3. The summed E-state index contributed by atoms with van der Waals surface area (Å²) in [6.45, 7) is 0. The van der Waals surface area contributed by atoms with Crippen LogP contribution in [0.15, 0.2) is 192 Å². The minimum atomic E-state index is 0.593. The predicted molar refractivity (Wildman–Crippen MR) is 227 cm³/mol. The van der Waals surface area contributed by atoms with Crippen molar-refractivity contribution in [3.05, 3.63) is 188 Å². The van der Waals surface area contributed by atoms with Gasteiger partial charge in [-0.3, -0.25) is 0 Å². The first-order valence-electron chi connectivity index (χ1n) is 18.5. The van der Waals surface area contributed by atoms with E-state index in [4.69, 9.17) is 19.4 Å². The lowest BCUT2D eigenvalue weighted by Crippen LogP contribution is -2.01. The monoisotopic (exact) mass is 701 g/mol. The molecule has 0 fully saturated rings. The third kappa shape index (κ3) is 5.26. The maximum absolute atomic E-state index is 6.66. The van der Waals surface area contributed by atoms with Gasteiger partial charge in [0.05, 0.1) is 0 Å². The van der Waals surface area contributed by atoms with Crippen LogP contribution in [0.2, 0.25) is 0 Å². The SMILES string of the molecule is c1ccc(-c2cccc(-c3cccc4c3ccc3c(-c5nc(-c6ccccc6)nc(-c6ccc7ccccc7c6)n5)cc5oc6ccccc6c5c34)c2)cc1. The molecule has 4 heteroatoms. The van der Waals surface area contributed by atoms with Crippen LogP contribution in [0, 0.1) is 0 Å². The third-order valence-corrected chi connectivity index (χ3v) is 10.7. The van der Waals surface area contributed by atoms with Crippen molar-refractivity contribution in [1.82, 2.24) is 15.0 Å². The van der Waals surface area contributed by atoms with Crippen LogP contribution in [0.25, 0.3) is 111 Å². The van der Waals surface area contributed by atoms with E-state index in [0.717, 1.165) is 60.2 Å². The van der Waals surface area contributed by atoms with Crippen LogP contribution < -0.4 is 0 Å². The molecule has 0 N–H and O–H groups in total. The van der Waals surface area contributed by atoms with Gasteiger partial charge in [0, 0.05) is 32.8 Å². The molecule has 0 atom stereocenters. The van der Waals surface area contributed by atoms with Gasteiger partial charge in [-0.2, -0.15) is 0 Å². The van der Waals surface area contributed by atoms with Crippen molar-refractivity contribution in [2.75, 3.05) is 0 Å². The number of rotatable bonds is 5. The van der Waals surface area contributed by atoms with Crippen LogP contribution >= 0.6 is 0 Å². The van der Waals surface area contributed by atoms with Crippen molar-refractivity contribution in [2.24, 2.45) is 0 Å². The van der Waals surface area contributed by atoms with Gasteiger partial charge in [-0.1, -0.05) is 164 Å². The predicted octanol–water partition coefficient (Wildman–Crippen LogP) is 13.6. The Labute approximate surface area is 317 Å². The van der Waals surface area contributed by atoms with Crippen molar-refractivity contribution in [2.45, 2.75) is 0 Å². The van der Waals surface area contributed by atoms with E-state index in [9.17, 15) is 0 Å². The van der Waals surface area contributed by atoms with Crippen LogP contribution in [0.5, 0.6) is 0 Å². The molecular formula is C51H31N3O. The van der Waals surface area contributed by atoms with E-state index in [2.05, 4.69) is 146 Å². The van der Waals surface area contributed by atoms with Gasteiger partial charge in [-0.05, 0) is 73.5 Å². The zero-order valence-corrected chi connectivity index (χ0v) is 29.6. The molecule has 9 aromatic carbocycles. The molecule has 0 saturated heterocycles. The van der Waals surface area contributed by atoms with Crippen LogP contribution in [0.1, 0.15) is 0 Å². The van der Waals surface area contributed by atoms with E-state index in [-0.39, 0.29) is 0 Å². The van der Waals surface area contributed by atoms with Gasteiger partial charge in [0.15, 0.2) is 17.5 Å². The molecule has 0 saturated carbocycles. The van der Waals surface area contributed by atoms with Gasteiger partial charge in [-0.15, -0.1) is 0 Å². The number of fused-ring (bicyclic) bond motifs is 8. The van der Waals surface area contributed by atoms with E-state index in [0.29, 0.717) is 17.5 Å². The molecule has 0 aliphatic heterocycles. The quantitative estimate of drug-likeness (QED) is 0.168. The van der Waals surface area contributed by atoms with Crippen molar-refractivity contribution < 1.29 is 4.42 Å². The Balaban J connectivity index is 1.20. The fourth-order valence-corrected chi connectivity index (χ4v) is 8.09. The minimum Gasteiger partial charge on any atom is -0.456 e. The zero-order valence-electron chi connectivity index (χ0n) is 29.6. The molecule has 4 nitrogen and oxygen atoms in total. The molecular weight excluding hydrogens is 671 g/mol. The Morgan fingerprint density at radius 1 is 0.291 bits per heavy atom. The highest BCUT2D eigenvalue weighted by Gasteiger charge is 2.21. The average molecular weight is 702 g/mol. The second kappa shape index (κ2) is 12.6. The first-order valence-corrected chi connectivity index (χ1v) is 18.5. The summed E-state index contributed by atoms with van der Waals surface area (Å²) >= 11 is 0. The second-order valence-electron chi connectivity index (χ2n) is 14.0. The smallest absolute Gasteiger partial charge is 0.164 e. The number of hydrogen-bond acceptors (Lipinski definition) is 4. The molecule has 256 valence electrons. The molecule has 0 amide bonds. The number of hydrogen-bond donors (Lipinski definition) is 0. The summed E-state index contributed by atoms with van der Waals surface area (Å²) in [5, 5.41) is 8.95. The fourth-order valence-electron chi connectivity index (χ4n) is 8.09. The molecule has 55 heavy (non-hydrogen) atoms. The standard InChI is InChI=1S/C51H31N3O/c1-3-13-32(14-4-1)36-19-11-20-37(29-36)39-22-12-23-41-40(39)27-28-42-44(31-46-48(47(41)42)43-21-9-10-24-45(43)55-46)51-53-49(34-16-5-2-6-17-34)52-50(54-51)38-26-25-33-15-7-8-18-35(33)30-38/h1-31H. The first kappa shape index (κ1) is 31.1. The Morgan fingerprint density at radius 3 is 1.78 bits per heavy atom. The number of nitrogens with zero attached hydrogens (tertiary/aromatic N) is 3. The summed E-state index contributed by atoms with van der Waals surface area (Å²) in [5.41, 5.74) is 9.11. The molecule has 0 radical (unpaired) electrons. The van der Waals surface area contributed by atoms with Gasteiger partial charge >= 0.3 is 0 Å². The third-order valence-electron chi connectivity index (χ3n) is 10.7. The maximum atomic E-state index is 6.66. The second-order valence-corrected chi connectivity index (χ2v) is 14.0. The highest BCUT2D eigenvalue weighted by Crippen LogP contribution is 2.44. The molecule has 0 aliphatic rings. The van der Waals surface area contributed by atoms with E-state index in [1.807, 2.05) is 42.5 Å². The summed E-state index contributed by atoms with van der Waals surface area (Å²) in [7, 11) is 0. The molecule has 0 bridgehead atoms. The lowest BCUT2D eigenvalue weighted by atomic mass is 9.90. The Morgan fingerprint density at radius 2 is 0.927 bits per heavy atom. The van der Waals surface area contributed by atoms with E-state index in [1.54, 1.807) is 0 Å². The molecule has 0 aliphatic carbocycles. The van der Waals surface area contributed by atoms with Gasteiger partial charge in [-0.25, -0.2) is 15.0 Å². The minimum absolute atomic E-state index is 0.593. The summed E-state index contributed by atoms with van der Waals surface area (Å²) in [6, 6.07) is 65.8. The maximum Gasteiger partial charge on any atom is 0.164 e. The highest BCUT2D eigenvalue weighted by molar-refractivity contribution is 6.30. The molecule has 0 unspecified atom stereocenters. The van der Waals surface area contributed by atoms with Crippen molar-refractivity contribution >= 4 is 54.3 Å². The average Bonchev–Trinajstić information content (AvgIpc) is 3.64. The van der Waals surface area contributed by atoms with E-state index < -0.39 is 0 Å². The molecule has 2 aromatic heterocycles. The number of benzene rings is 9. The summed E-state index contributed by atoms with van der Waals surface area (Å²) in [6.07, 6.45) is 0. The van der Waals surface area contributed by atoms with Crippen LogP contribution in [-0.4, -0.2) is 15.0 Å². The van der Waals surface area contributed by atoms with E-state index >= 15 is 0 Å². The van der Waals surface area contributed by atoms with Gasteiger partial charge < -0.3 is 4.42 Å². The highest BCUT2D eigenvalue weighted by atomic mass is 16.3. The van der Waals surface area contributed by atoms with Gasteiger partial charge in [0.25, 0.3) is 0 Å². The lowest BCUT2D eigenvalue weighted by molar-refractivity contribution is 0.669. The number of furan rings is 1. The van der Waals surface area contributed by atoms with Crippen LogP contribution in [0.3, 0.4) is 0 Å². The number of para-hydroxylation sites is 1. The summed E-state index contributed by atoms with van der Waals surface area (Å²) < 4.78 is 6.66. The topological polar surface area (TPSA) is 51.8 Å².